The highest BCUT2D eigenvalue weighted by atomic mass is 32.2. The number of ether oxygens (including phenoxy) is 1. The number of aliphatic imine (C=N–C) groups is 1. The Hall–Kier alpha value is -13.2. The summed E-state index contributed by atoms with van der Waals surface area (Å²) in [4.78, 5) is 39.3. The molecule has 0 spiro atoms. The standard InChI is InChI=1S/C13H13N3O3S.C13H11N3O2S.C13H15N3O2.C13H17N3O.C9H12N4O2S.C9H9N3O.C8H9N3O2S/c1-8-13(9(2)19-15-8)20(17,18)16-12-5-3-4-10-6-14-7-11(10)12;17-19(18,10-5-2-1-3-6-10)16-13-8-4-7-12-11(13)9-14-15-12;17-13(9-4-6-18-7-5-9)15-11-2-1-3-12-10(11)8-14-16-12;1-13(2,3)7-12(17)15-10-5-4-6-11-9(10)8-14-16-11;1-13(2)16(14,15)12-9-5-3-4-8-7(9)6-10-11-8;1-6(13)11-8-3-2-4-9-7(8)5-10-12-9;1-14(12,13)11-8-4-2-3-7-6(8)5-9-10-7/h3-5,7,16H,6H2,1-2H3;1-9,16H,(H,14,15);1-3,8-9H,4-7H2,(H,14,16)(H,15,17);4-6,8H,7H2,1-3H3,(H,14,16)(H,15,17);3-6,12H,1-2H3,(H,10,11);2-5H,1H3,(H,10,12)(H,11,13);2-5,11H,1H3,(H,9,10). The van der Waals surface area contributed by atoms with Gasteiger partial charge < -0.3 is 25.2 Å². The lowest BCUT2D eigenvalue weighted by Crippen LogP contribution is -2.28. The summed E-state index contributed by atoms with van der Waals surface area (Å²) in [6.45, 7) is 12.7. The minimum atomic E-state index is -3.72. The Balaban J connectivity index is 0.000000135. The van der Waals surface area contributed by atoms with Gasteiger partial charge in [-0.2, -0.15) is 43.3 Å². The number of carbonyl (C=O) groups is 3. The van der Waals surface area contributed by atoms with Crippen LogP contribution in [0.2, 0.25) is 0 Å². The van der Waals surface area contributed by atoms with E-state index in [4.69, 9.17) is 9.26 Å². The molecular weight excluding hydrogens is 1580 g/mol. The molecule has 35 nitrogen and oxygen atoms in total. The first kappa shape index (κ1) is 84.7. The van der Waals surface area contributed by atoms with E-state index in [0.29, 0.717) is 54.6 Å². The summed E-state index contributed by atoms with van der Waals surface area (Å²) in [5, 5.41) is 57.8. The van der Waals surface area contributed by atoms with Crippen LogP contribution in [0.3, 0.4) is 0 Å². The number of carbonyl (C=O) groups excluding carboxylic acids is 3. The van der Waals surface area contributed by atoms with Crippen LogP contribution in [0.4, 0.5) is 39.8 Å². The monoisotopic (exact) mass is 1670 g/mol. The zero-order valence-corrected chi connectivity index (χ0v) is 68.1. The molecule has 1 saturated heterocycles. The molecule has 117 heavy (non-hydrogen) atoms. The Morgan fingerprint density at radius 3 is 1.29 bits per heavy atom. The maximum atomic E-state index is 12.4. The van der Waals surface area contributed by atoms with Gasteiger partial charge in [-0.05, 0) is 129 Å². The van der Waals surface area contributed by atoms with E-state index >= 15 is 0 Å². The van der Waals surface area contributed by atoms with E-state index in [1.807, 2.05) is 99.6 Å². The first-order valence-electron chi connectivity index (χ1n) is 36.1. The molecule has 13 N–H and O–H groups in total. The topological polar surface area (TPSA) is 495 Å². The van der Waals surface area contributed by atoms with Crippen LogP contribution in [0.15, 0.2) is 214 Å². The van der Waals surface area contributed by atoms with Crippen LogP contribution < -0.4 is 34.8 Å². The molecule has 2 aliphatic rings. The highest BCUT2D eigenvalue weighted by molar-refractivity contribution is 7.93. The van der Waals surface area contributed by atoms with Crippen molar-refractivity contribution in [1.29, 1.82) is 0 Å². The van der Waals surface area contributed by atoms with Crippen molar-refractivity contribution in [1.82, 2.24) is 70.6 Å². The van der Waals surface area contributed by atoms with E-state index in [-0.39, 0.29) is 44.6 Å². The molecule has 0 aliphatic carbocycles. The van der Waals surface area contributed by atoms with Crippen LogP contribution in [0.5, 0.6) is 0 Å². The minimum Gasteiger partial charge on any atom is -0.381 e. The molecule has 8 aromatic carbocycles. The number of nitrogens with zero attached hydrogens (tertiary/aromatic N) is 9. The van der Waals surface area contributed by atoms with Crippen LogP contribution in [0.25, 0.3) is 65.4 Å². The molecule has 0 bridgehead atoms. The quantitative estimate of drug-likeness (QED) is 0.0427. The average Bonchev–Trinajstić information content (AvgIpc) is 1.63. The lowest BCUT2D eigenvalue weighted by atomic mass is 9.92. The molecule has 0 radical (unpaired) electrons. The highest BCUT2D eigenvalue weighted by Gasteiger charge is 2.27. The van der Waals surface area contributed by atoms with Gasteiger partial charge in [0.15, 0.2) is 10.7 Å². The van der Waals surface area contributed by atoms with Gasteiger partial charge in [0.2, 0.25) is 27.7 Å². The van der Waals surface area contributed by atoms with Gasteiger partial charge in [0.05, 0.1) is 128 Å². The Morgan fingerprint density at radius 2 is 0.872 bits per heavy atom. The molecule has 0 unspecified atom stereocenters. The van der Waals surface area contributed by atoms with E-state index in [0.717, 1.165) is 117 Å². The summed E-state index contributed by atoms with van der Waals surface area (Å²) >= 11 is 0. The minimum absolute atomic E-state index is 0.00558. The first-order chi connectivity index (χ1) is 55.8. The van der Waals surface area contributed by atoms with Crippen molar-refractivity contribution in [3.63, 3.8) is 0 Å². The van der Waals surface area contributed by atoms with E-state index < -0.39 is 40.3 Å². The van der Waals surface area contributed by atoms with Crippen LogP contribution in [0, 0.1) is 25.2 Å². The molecule has 7 aromatic heterocycles. The number of sulfonamides is 3. The van der Waals surface area contributed by atoms with Crippen molar-refractivity contribution in [3.8, 4) is 0 Å². The number of benzene rings is 8. The number of aryl methyl sites for hydroxylation is 2. The van der Waals surface area contributed by atoms with Crippen LogP contribution in [-0.2, 0) is 65.9 Å². The van der Waals surface area contributed by atoms with Crippen molar-refractivity contribution >= 4 is 169 Å². The van der Waals surface area contributed by atoms with E-state index in [1.54, 1.807) is 136 Å². The Morgan fingerprint density at radius 1 is 0.479 bits per heavy atom. The van der Waals surface area contributed by atoms with Gasteiger partial charge in [0.25, 0.3) is 20.0 Å². The lowest BCUT2D eigenvalue weighted by molar-refractivity contribution is -0.122. The Kier molecular flexibility index (Phi) is 27.1. The summed E-state index contributed by atoms with van der Waals surface area (Å²) in [7, 11) is -11.1. The molecule has 2 aliphatic heterocycles. The van der Waals surface area contributed by atoms with Gasteiger partial charge in [-0.1, -0.05) is 92.7 Å². The zero-order chi connectivity index (χ0) is 83.7. The summed E-state index contributed by atoms with van der Waals surface area (Å²) < 4.78 is 116. The SMILES string of the molecule is CC(=O)Nc1cccc2[nH]ncc12.CC(C)(C)CC(=O)Nc1cccc2[nH]ncc12.CN(C)S(=O)(=O)Nc1cccc2[nH]ncc12.CS(=O)(=O)Nc1cccc2[nH]ncc12.Cc1noc(C)c1S(=O)(=O)Nc1cccc2c1C=NC2.O=C(Nc1cccc2[nH]ncc12)C1CCOCC1.O=S(=O)(Nc1cccc2[nH]ncc12)c1ccccc1. The van der Waals surface area contributed by atoms with Crippen molar-refractivity contribution in [3.05, 3.63) is 217 Å². The molecule has 0 saturated carbocycles. The first-order valence-corrected chi connectivity index (χ1v) is 42.4. The van der Waals surface area contributed by atoms with E-state index in [1.165, 1.54) is 21.0 Å². The molecule has 9 heterocycles. The summed E-state index contributed by atoms with van der Waals surface area (Å²) in [5.41, 5.74) is 11.8. The van der Waals surface area contributed by atoms with Crippen molar-refractivity contribution < 1.29 is 57.3 Å². The maximum Gasteiger partial charge on any atom is 0.301 e. The number of anilines is 7. The maximum absolute atomic E-state index is 12.4. The smallest absolute Gasteiger partial charge is 0.301 e. The highest BCUT2D eigenvalue weighted by Crippen LogP contribution is 2.32. The second-order valence-electron chi connectivity index (χ2n) is 28.0. The molecular formula is C78H86N22O13S4. The van der Waals surface area contributed by atoms with Crippen molar-refractivity contribution in [2.75, 3.05) is 68.4 Å². The molecule has 3 amide bonds. The molecule has 1 fully saturated rings. The second kappa shape index (κ2) is 37.4. The van der Waals surface area contributed by atoms with Gasteiger partial charge in [-0.3, -0.25) is 68.9 Å². The van der Waals surface area contributed by atoms with Gasteiger partial charge >= 0.3 is 10.2 Å². The second-order valence-corrected chi connectivity index (χ2v) is 34.9. The number of hydrogen-bond acceptors (Lipinski definition) is 21. The van der Waals surface area contributed by atoms with Gasteiger partial charge in [-0.15, -0.1) is 0 Å². The number of rotatable bonds is 16. The van der Waals surface area contributed by atoms with Crippen molar-refractivity contribution in [2.45, 2.75) is 77.1 Å². The average molecular weight is 1670 g/mol. The van der Waals surface area contributed by atoms with Crippen molar-refractivity contribution in [2.24, 2.45) is 16.3 Å². The third kappa shape index (κ3) is 22.6. The van der Waals surface area contributed by atoms with Gasteiger partial charge in [0.1, 0.15) is 5.69 Å². The fourth-order valence-electron chi connectivity index (χ4n) is 12.0. The summed E-state index contributed by atoms with van der Waals surface area (Å²) in [5.74, 6) is 0.365. The number of aromatic nitrogens is 13. The van der Waals surface area contributed by atoms with Crippen LogP contribution in [0.1, 0.15) is 69.5 Å². The third-order valence-electron chi connectivity index (χ3n) is 17.5. The number of hydrogen-bond donors (Lipinski definition) is 13. The van der Waals surface area contributed by atoms with Crippen LogP contribution >= 0.6 is 0 Å². The molecule has 0 atom stereocenters. The van der Waals surface area contributed by atoms with E-state index in [9.17, 15) is 48.1 Å². The van der Waals surface area contributed by atoms with Crippen LogP contribution in [-0.4, -0.2) is 162 Å². The van der Waals surface area contributed by atoms with E-state index in [2.05, 4.69) is 106 Å². The molecule has 610 valence electrons. The fraction of sp³-hybridized carbons (Fsp3) is 0.218. The summed E-state index contributed by atoms with van der Waals surface area (Å²) in [6.07, 6.45) is 14.8. The third-order valence-corrected chi connectivity index (χ3v) is 22.5. The molecule has 17 rings (SSSR count). The predicted octanol–water partition coefficient (Wildman–Crippen LogP) is 12.5. The fourth-order valence-corrected chi connectivity index (χ4v) is 15.7. The van der Waals surface area contributed by atoms with Gasteiger partial charge in [-0.25, -0.2) is 25.3 Å². The summed E-state index contributed by atoms with van der Waals surface area (Å²) in [6, 6.07) is 46.6. The number of aromatic amines is 6. The predicted molar refractivity (Wildman–Crippen MR) is 452 cm³/mol. The molecule has 39 heteroatoms. The zero-order valence-electron chi connectivity index (χ0n) is 64.8. The normalized spacial score (nSPS) is 12.7. The molecule has 15 aromatic rings. The number of amides is 3. The van der Waals surface area contributed by atoms with Gasteiger partial charge in [0, 0.05) is 90.7 Å². The number of fused-ring (bicyclic) bond motifs is 7. The number of nitrogens with one attached hydrogen (secondary N) is 13. The lowest BCUT2D eigenvalue weighted by Gasteiger charge is -2.21. The number of H-pyrrole nitrogens is 6. The largest absolute Gasteiger partial charge is 0.381 e. The Bertz CT molecular complexity index is 6480. The Labute approximate surface area is 672 Å².